The number of thiophene rings is 1. The van der Waals surface area contributed by atoms with Crippen LogP contribution in [0.3, 0.4) is 0 Å². The molecule has 6 rings (SSSR count). The van der Waals surface area contributed by atoms with Gasteiger partial charge >= 0.3 is 0 Å². The van der Waals surface area contributed by atoms with Gasteiger partial charge in [-0.3, -0.25) is 9.55 Å². The highest BCUT2D eigenvalue weighted by atomic mass is 32.1. The minimum atomic E-state index is 0.604. The molecule has 4 aromatic heterocycles. The van der Waals surface area contributed by atoms with Gasteiger partial charge in [-0.15, -0.1) is 0 Å². The van der Waals surface area contributed by atoms with E-state index in [0.717, 1.165) is 54.2 Å². The third-order valence-corrected chi connectivity index (χ3v) is 7.03. The van der Waals surface area contributed by atoms with Crippen LogP contribution in [0.1, 0.15) is 5.56 Å². The third-order valence-electron chi connectivity index (χ3n) is 6.36. The van der Waals surface area contributed by atoms with Crippen LogP contribution in [0.5, 0.6) is 0 Å². The van der Waals surface area contributed by atoms with Gasteiger partial charge in [0.25, 0.3) is 0 Å². The van der Waals surface area contributed by atoms with Crippen LogP contribution in [0.2, 0.25) is 0 Å². The first-order valence-electron chi connectivity index (χ1n) is 11.7. The Morgan fingerprint density at radius 2 is 1.83 bits per heavy atom. The van der Waals surface area contributed by atoms with Crippen molar-refractivity contribution >= 4 is 34.0 Å². The lowest BCUT2D eigenvalue weighted by Crippen LogP contribution is -2.44. The Labute approximate surface area is 207 Å². The molecule has 1 saturated heterocycles. The Morgan fingerprint density at radius 3 is 2.57 bits per heavy atom. The number of aromatic nitrogens is 5. The highest BCUT2D eigenvalue weighted by Crippen LogP contribution is 2.28. The van der Waals surface area contributed by atoms with Crippen molar-refractivity contribution in [3.63, 3.8) is 0 Å². The highest BCUT2D eigenvalue weighted by molar-refractivity contribution is 7.08. The molecule has 5 aromatic rings. The molecule has 0 amide bonds. The Morgan fingerprint density at radius 1 is 0.971 bits per heavy atom. The van der Waals surface area contributed by atoms with Gasteiger partial charge < -0.3 is 15.1 Å². The largest absolute Gasteiger partial charge is 0.369 e. The maximum atomic E-state index is 4.95. The van der Waals surface area contributed by atoms with Crippen LogP contribution in [0.4, 0.5) is 11.5 Å². The molecule has 1 aliphatic rings. The van der Waals surface area contributed by atoms with Crippen LogP contribution >= 0.6 is 11.3 Å². The van der Waals surface area contributed by atoms with Crippen molar-refractivity contribution in [1.82, 2.24) is 29.4 Å². The van der Waals surface area contributed by atoms with Crippen molar-refractivity contribution in [3.05, 3.63) is 77.5 Å². The number of anilines is 2. The van der Waals surface area contributed by atoms with Crippen LogP contribution in [-0.2, 0) is 6.54 Å². The summed E-state index contributed by atoms with van der Waals surface area (Å²) < 4.78 is 2.02. The van der Waals surface area contributed by atoms with E-state index in [0.29, 0.717) is 18.2 Å². The first-order chi connectivity index (χ1) is 17.2. The monoisotopic (exact) mass is 482 g/mol. The molecule has 0 spiro atoms. The summed E-state index contributed by atoms with van der Waals surface area (Å²) in [6.45, 7) is 4.86. The normalized spacial score (nSPS) is 14.5. The minimum Gasteiger partial charge on any atom is -0.369 e. The van der Waals surface area contributed by atoms with E-state index in [9.17, 15) is 0 Å². The smallest absolute Gasteiger partial charge is 0.170 e. The van der Waals surface area contributed by atoms with Crippen molar-refractivity contribution in [2.24, 2.45) is 0 Å². The average Bonchev–Trinajstić information content (AvgIpc) is 3.58. The van der Waals surface area contributed by atoms with Crippen LogP contribution < -0.4 is 10.2 Å². The lowest BCUT2D eigenvalue weighted by Gasteiger charge is -2.34. The van der Waals surface area contributed by atoms with E-state index in [1.54, 1.807) is 17.5 Å². The Balaban J connectivity index is 1.36. The Hall–Kier alpha value is -3.82. The molecule has 0 bridgehead atoms. The van der Waals surface area contributed by atoms with Crippen LogP contribution in [0, 0.1) is 0 Å². The topological polar surface area (TPSA) is 75.0 Å². The first kappa shape index (κ1) is 21.7. The number of pyridine rings is 1. The lowest BCUT2D eigenvalue weighted by molar-refractivity contribution is 0.313. The molecule has 0 saturated carbocycles. The second kappa shape index (κ2) is 9.44. The predicted octanol–water partition coefficient (Wildman–Crippen LogP) is 4.30. The van der Waals surface area contributed by atoms with Crippen molar-refractivity contribution in [3.8, 4) is 17.1 Å². The number of piperazine rings is 1. The second-order valence-corrected chi connectivity index (χ2v) is 9.50. The molecule has 1 aromatic carbocycles. The van der Waals surface area contributed by atoms with E-state index >= 15 is 0 Å². The van der Waals surface area contributed by atoms with E-state index in [4.69, 9.17) is 9.97 Å². The molecule has 0 unspecified atom stereocenters. The van der Waals surface area contributed by atoms with Gasteiger partial charge in [-0.1, -0.05) is 6.07 Å². The lowest BCUT2D eigenvalue weighted by atomic mass is 10.1. The van der Waals surface area contributed by atoms with E-state index in [-0.39, 0.29) is 0 Å². The number of nitrogens with zero attached hydrogens (tertiary/aromatic N) is 7. The molecule has 1 N–H and O–H groups in total. The van der Waals surface area contributed by atoms with E-state index in [1.807, 2.05) is 29.2 Å². The number of fused-ring (bicyclic) bond motifs is 1. The van der Waals surface area contributed by atoms with Crippen LogP contribution in [0.25, 0.3) is 28.2 Å². The van der Waals surface area contributed by atoms with Gasteiger partial charge in [0, 0.05) is 61.7 Å². The van der Waals surface area contributed by atoms with Crippen molar-refractivity contribution in [1.29, 1.82) is 0 Å². The van der Waals surface area contributed by atoms with Crippen molar-refractivity contribution in [2.75, 3.05) is 43.4 Å². The average molecular weight is 483 g/mol. The zero-order valence-electron chi connectivity index (χ0n) is 19.5. The summed E-state index contributed by atoms with van der Waals surface area (Å²) in [7, 11) is 2.18. The maximum absolute atomic E-state index is 4.95. The number of likely N-dealkylation sites (N-methyl/N-ethyl adjacent to an activating group) is 1. The number of hydrogen-bond donors (Lipinski definition) is 1. The number of imidazole rings is 1. The molecule has 176 valence electrons. The summed E-state index contributed by atoms with van der Waals surface area (Å²) in [6.07, 6.45) is 5.45. The van der Waals surface area contributed by atoms with Crippen molar-refractivity contribution in [2.45, 2.75) is 6.54 Å². The van der Waals surface area contributed by atoms with Gasteiger partial charge in [-0.05, 0) is 54.4 Å². The summed E-state index contributed by atoms with van der Waals surface area (Å²) >= 11 is 1.65. The second-order valence-electron chi connectivity index (χ2n) is 8.72. The van der Waals surface area contributed by atoms with E-state index in [1.165, 1.54) is 5.69 Å². The Kier molecular flexibility index (Phi) is 5.85. The molecule has 1 aliphatic heterocycles. The number of nitrogens with one attached hydrogen (secondary N) is 1. The molecular formula is C26H26N8S. The standard InChI is InChI=1S/C26H26N8S/c1-32-10-12-33(13-11-32)21-6-4-20(5-7-21)24-30-25(28-16-19-3-2-9-27-15-19)23-26(31-24)34(18-29-23)22-8-14-35-17-22/h2-9,14-15,17-18H,10-13,16H2,1H3,(H,28,30,31). The molecular weight excluding hydrogens is 456 g/mol. The summed E-state index contributed by atoms with van der Waals surface area (Å²) in [5.41, 5.74) is 5.87. The molecule has 0 atom stereocenters. The fourth-order valence-electron chi connectivity index (χ4n) is 4.31. The van der Waals surface area contributed by atoms with Gasteiger partial charge in [-0.2, -0.15) is 11.3 Å². The van der Waals surface area contributed by atoms with Gasteiger partial charge in [0.2, 0.25) is 0 Å². The summed E-state index contributed by atoms with van der Waals surface area (Å²) in [4.78, 5) is 23.5. The number of hydrogen-bond acceptors (Lipinski definition) is 8. The van der Waals surface area contributed by atoms with Crippen LogP contribution in [0.15, 0.2) is 71.9 Å². The van der Waals surface area contributed by atoms with E-state index < -0.39 is 0 Å². The molecule has 8 nitrogen and oxygen atoms in total. The highest BCUT2D eigenvalue weighted by Gasteiger charge is 2.17. The van der Waals surface area contributed by atoms with E-state index in [2.05, 4.69) is 73.2 Å². The van der Waals surface area contributed by atoms with Crippen LogP contribution in [-0.4, -0.2) is 62.6 Å². The van der Waals surface area contributed by atoms with Gasteiger partial charge in [0.05, 0.1) is 5.69 Å². The summed E-state index contributed by atoms with van der Waals surface area (Å²) in [5, 5.41) is 7.61. The number of benzene rings is 1. The van der Waals surface area contributed by atoms with Gasteiger partial charge in [0.1, 0.15) is 6.33 Å². The van der Waals surface area contributed by atoms with Crippen molar-refractivity contribution < 1.29 is 0 Å². The SMILES string of the molecule is CN1CCN(c2ccc(-c3nc(NCc4cccnc4)c4ncn(-c5ccsc5)c4n3)cc2)CC1. The molecule has 0 radical (unpaired) electrons. The fraction of sp³-hybridized carbons (Fsp3) is 0.231. The third kappa shape index (κ3) is 4.48. The molecule has 5 heterocycles. The van der Waals surface area contributed by atoms with Gasteiger partial charge in [-0.25, -0.2) is 15.0 Å². The number of rotatable bonds is 6. The molecule has 1 fully saturated rings. The zero-order valence-corrected chi connectivity index (χ0v) is 20.3. The molecule has 9 heteroatoms. The first-order valence-corrected chi connectivity index (χ1v) is 12.6. The predicted molar refractivity (Wildman–Crippen MR) is 141 cm³/mol. The Bertz CT molecular complexity index is 1410. The van der Waals surface area contributed by atoms with Gasteiger partial charge in [0.15, 0.2) is 22.8 Å². The molecule has 0 aliphatic carbocycles. The summed E-state index contributed by atoms with van der Waals surface area (Å²) in [5.74, 6) is 1.39. The zero-order chi connectivity index (χ0) is 23.6. The maximum Gasteiger partial charge on any atom is 0.170 e. The fourth-order valence-corrected chi connectivity index (χ4v) is 4.94. The quantitative estimate of drug-likeness (QED) is 0.387. The summed E-state index contributed by atoms with van der Waals surface area (Å²) in [6, 6.07) is 14.6. The minimum absolute atomic E-state index is 0.604. The molecule has 35 heavy (non-hydrogen) atoms.